The number of furan rings is 6. The molecule has 6 nitrogen and oxygen atoms in total. The van der Waals surface area contributed by atoms with E-state index in [0.717, 1.165) is 118 Å². The van der Waals surface area contributed by atoms with Gasteiger partial charge < -0.3 is 26.5 Å². The van der Waals surface area contributed by atoms with Crippen LogP contribution in [-0.2, 0) is 0 Å². The molecule has 75 heavy (non-hydrogen) atoms. The van der Waals surface area contributed by atoms with E-state index in [1.165, 1.54) is 14.6 Å². The molecule has 5 aromatic carbocycles. The average molecular weight is 1030 g/mol. The summed E-state index contributed by atoms with van der Waals surface area (Å²) in [5.41, 5.74) is 16.0. The van der Waals surface area contributed by atoms with E-state index >= 15 is 0 Å². The first kappa shape index (κ1) is 45.7. The van der Waals surface area contributed by atoms with Crippen LogP contribution in [-0.4, -0.2) is 0 Å². The summed E-state index contributed by atoms with van der Waals surface area (Å²) in [6.07, 6.45) is 10.4. The Bertz CT molecular complexity index is 3660. The van der Waals surface area contributed by atoms with Crippen LogP contribution >= 0.6 is 34.0 Å². The van der Waals surface area contributed by atoms with Crippen LogP contribution in [0.3, 0.4) is 0 Å². The maximum Gasteiger partial charge on any atom is 0.141 e. The Hall–Kier alpha value is -9.12. The maximum atomic E-state index is 6.12. The van der Waals surface area contributed by atoms with Crippen LogP contribution in [0.2, 0.25) is 0 Å². The molecular formula is C66H42O6S3. The SMILES string of the molecule is c1ccc(-c2ccoc2-c2cc(-c3occc3-c3ccccc3)cc(-c3occc3-c3ccccc3)c2)cc1.c1coc(-c2ccsc2-c2cc(-c3sccc3-c3ccco3)cc(-c3sccc3-c3ccco3)c2)c1. The zero-order valence-electron chi connectivity index (χ0n) is 39.9. The molecule has 0 atom stereocenters. The predicted octanol–water partition coefficient (Wildman–Crippen LogP) is 21.1. The Balaban J connectivity index is 0.000000145. The molecular weight excluding hydrogens is 985 g/mol. The van der Waals surface area contributed by atoms with Crippen LogP contribution in [0.4, 0.5) is 0 Å². The summed E-state index contributed by atoms with van der Waals surface area (Å²) in [6, 6.07) is 68.4. The molecule has 9 heterocycles. The van der Waals surface area contributed by atoms with Crippen molar-refractivity contribution in [2.24, 2.45) is 0 Å². The lowest BCUT2D eigenvalue weighted by atomic mass is 9.93. The monoisotopic (exact) mass is 1030 g/mol. The Morgan fingerprint density at radius 1 is 0.213 bits per heavy atom. The van der Waals surface area contributed by atoms with Crippen LogP contribution < -0.4 is 0 Å². The second-order valence-corrected chi connectivity index (χ2v) is 20.4. The molecule has 0 unspecified atom stereocenters. The third-order valence-electron chi connectivity index (χ3n) is 13.0. The molecule has 14 rings (SSSR count). The first-order chi connectivity index (χ1) is 37.2. The van der Waals surface area contributed by atoms with Gasteiger partial charge in [0.05, 0.1) is 37.6 Å². The summed E-state index contributed by atoms with van der Waals surface area (Å²) in [4.78, 5) is 3.54. The van der Waals surface area contributed by atoms with Gasteiger partial charge in [0.1, 0.15) is 34.6 Å². The number of hydrogen-bond donors (Lipinski definition) is 0. The van der Waals surface area contributed by atoms with Gasteiger partial charge in [-0.3, -0.25) is 0 Å². The van der Waals surface area contributed by atoms with Gasteiger partial charge in [0.2, 0.25) is 0 Å². The molecule has 9 aromatic heterocycles. The van der Waals surface area contributed by atoms with E-state index < -0.39 is 0 Å². The van der Waals surface area contributed by atoms with E-state index in [0.29, 0.717) is 0 Å². The summed E-state index contributed by atoms with van der Waals surface area (Å²) in [5, 5.41) is 6.37. The highest BCUT2D eigenvalue weighted by Crippen LogP contribution is 2.47. The fourth-order valence-electron chi connectivity index (χ4n) is 9.65. The van der Waals surface area contributed by atoms with Crippen molar-refractivity contribution in [1.82, 2.24) is 0 Å². The Morgan fingerprint density at radius 2 is 0.507 bits per heavy atom. The molecule has 360 valence electrons. The number of hydrogen-bond acceptors (Lipinski definition) is 9. The highest BCUT2D eigenvalue weighted by molar-refractivity contribution is 7.15. The van der Waals surface area contributed by atoms with E-state index in [1.54, 1.807) is 71.6 Å². The van der Waals surface area contributed by atoms with Crippen molar-refractivity contribution < 1.29 is 26.5 Å². The third-order valence-corrected chi connectivity index (χ3v) is 15.9. The highest BCUT2D eigenvalue weighted by atomic mass is 32.1. The van der Waals surface area contributed by atoms with Crippen molar-refractivity contribution >= 4 is 34.0 Å². The molecule has 0 aliphatic carbocycles. The van der Waals surface area contributed by atoms with Crippen LogP contribution in [0.25, 0.3) is 133 Å². The topological polar surface area (TPSA) is 78.8 Å². The molecule has 0 spiro atoms. The van der Waals surface area contributed by atoms with Gasteiger partial charge in [-0.1, -0.05) is 91.0 Å². The van der Waals surface area contributed by atoms with E-state index in [1.807, 2.05) is 109 Å². The number of benzene rings is 5. The van der Waals surface area contributed by atoms with Crippen molar-refractivity contribution in [1.29, 1.82) is 0 Å². The van der Waals surface area contributed by atoms with Crippen LogP contribution in [0, 0.1) is 0 Å². The molecule has 0 fully saturated rings. The lowest BCUT2D eigenvalue weighted by molar-refractivity contribution is 0.579. The number of thiophene rings is 3. The first-order valence-electron chi connectivity index (χ1n) is 24.3. The number of rotatable bonds is 12. The molecule has 0 amide bonds. The molecule has 0 saturated heterocycles. The quantitative estimate of drug-likeness (QED) is 0.121. The lowest BCUT2D eigenvalue weighted by Crippen LogP contribution is -1.88. The van der Waals surface area contributed by atoms with Crippen molar-refractivity contribution in [3.05, 3.63) is 254 Å². The summed E-state index contributed by atoms with van der Waals surface area (Å²) >= 11 is 5.18. The van der Waals surface area contributed by atoms with E-state index in [4.69, 9.17) is 26.5 Å². The molecule has 0 N–H and O–H groups in total. The lowest BCUT2D eigenvalue weighted by Gasteiger charge is -2.11. The van der Waals surface area contributed by atoms with Gasteiger partial charge in [0, 0.05) is 64.7 Å². The maximum absolute atomic E-state index is 6.12. The average Bonchev–Trinajstić information content (AvgIpc) is 4.31. The molecule has 14 aromatic rings. The van der Waals surface area contributed by atoms with Gasteiger partial charge >= 0.3 is 0 Å². The van der Waals surface area contributed by atoms with Gasteiger partial charge in [0.25, 0.3) is 0 Å². The minimum Gasteiger partial charge on any atom is -0.464 e. The summed E-state index contributed by atoms with van der Waals surface area (Å²) < 4.78 is 35.7. The molecule has 0 aliphatic heterocycles. The second kappa shape index (κ2) is 20.4. The van der Waals surface area contributed by atoms with E-state index in [9.17, 15) is 0 Å². The van der Waals surface area contributed by atoms with Gasteiger partial charge in [-0.05, 0) is 159 Å². The Labute approximate surface area is 444 Å². The molecule has 9 heteroatoms. The second-order valence-electron chi connectivity index (χ2n) is 17.6. The summed E-state index contributed by atoms with van der Waals surface area (Å²) in [7, 11) is 0. The van der Waals surface area contributed by atoms with Crippen LogP contribution in [0.1, 0.15) is 0 Å². The molecule has 0 bridgehead atoms. The minimum atomic E-state index is 0.796. The summed E-state index contributed by atoms with van der Waals surface area (Å²) in [5.74, 6) is 5.01. The highest BCUT2D eigenvalue weighted by Gasteiger charge is 2.22. The largest absolute Gasteiger partial charge is 0.464 e. The first-order valence-corrected chi connectivity index (χ1v) is 26.9. The van der Waals surface area contributed by atoms with Gasteiger partial charge in [0.15, 0.2) is 0 Å². The van der Waals surface area contributed by atoms with E-state index in [2.05, 4.69) is 107 Å². The van der Waals surface area contributed by atoms with E-state index in [-0.39, 0.29) is 0 Å². The standard InChI is InChI=1S/C36H24O3.C30H18O3S3/c1-4-10-25(11-5-1)31-16-19-37-34(31)28-22-29(35-32(17-20-38-35)26-12-6-2-7-13-26)24-30(23-28)36-33(18-21-39-36)27-14-8-3-9-15-27;1-4-25(31-10-1)22-7-13-34-28(22)19-16-20(29-23(8-14-35-29)26-5-2-11-32-26)18-21(17-19)30-24(9-15-36-30)27-6-3-12-33-27/h1-24H;1-18H. The van der Waals surface area contributed by atoms with Gasteiger partial charge in [-0.15, -0.1) is 34.0 Å². The van der Waals surface area contributed by atoms with Gasteiger partial charge in [-0.25, -0.2) is 0 Å². The van der Waals surface area contributed by atoms with Crippen molar-refractivity contribution in [3.63, 3.8) is 0 Å². The fourth-order valence-corrected chi connectivity index (χ4v) is 12.3. The third kappa shape index (κ3) is 9.10. The Kier molecular flexibility index (Phi) is 12.4. The molecule has 0 saturated carbocycles. The van der Waals surface area contributed by atoms with Crippen molar-refractivity contribution in [2.45, 2.75) is 0 Å². The zero-order chi connectivity index (χ0) is 49.9. The fraction of sp³-hybridized carbons (Fsp3) is 0. The smallest absolute Gasteiger partial charge is 0.141 e. The summed E-state index contributed by atoms with van der Waals surface area (Å²) in [6.45, 7) is 0. The van der Waals surface area contributed by atoms with Crippen molar-refractivity contribution in [2.75, 3.05) is 0 Å². The molecule has 0 radical (unpaired) electrons. The van der Waals surface area contributed by atoms with Gasteiger partial charge in [-0.2, -0.15) is 0 Å². The minimum absolute atomic E-state index is 0.796. The Morgan fingerprint density at radius 3 is 0.787 bits per heavy atom. The normalized spacial score (nSPS) is 11.2. The predicted molar refractivity (Wildman–Crippen MR) is 305 cm³/mol. The van der Waals surface area contributed by atoms with Crippen LogP contribution in [0.15, 0.2) is 280 Å². The van der Waals surface area contributed by atoms with Crippen molar-refractivity contribution in [3.8, 4) is 133 Å². The molecule has 0 aliphatic rings. The van der Waals surface area contributed by atoms with Crippen LogP contribution in [0.5, 0.6) is 0 Å². The zero-order valence-corrected chi connectivity index (χ0v) is 42.4.